The molecule has 0 radical (unpaired) electrons. The molecular formula is C15H22N2O4. The van der Waals surface area contributed by atoms with Crippen LogP contribution in [0.2, 0.25) is 0 Å². The van der Waals surface area contributed by atoms with Crippen LogP contribution in [0.4, 0.5) is 5.82 Å². The predicted molar refractivity (Wildman–Crippen MR) is 79.4 cm³/mol. The van der Waals surface area contributed by atoms with Gasteiger partial charge in [0.1, 0.15) is 5.82 Å². The minimum atomic E-state index is -0.996. The van der Waals surface area contributed by atoms with Crippen molar-refractivity contribution in [2.45, 2.75) is 40.2 Å². The number of carboxylic acids is 1. The number of carbonyl (C=O) groups is 2. The highest BCUT2D eigenvalue weighted by atomic mass is 16.5. The second-order valence-corrected chi connectivity index (χ2v) is 6.00. The zero-order chi connectivity index (χ0) is 16.4. The van der Waals surface area contributed by atoms with E-state index in [1.54, 1.807) is 46.8 Å². The van der Waals surface area contributed by atoms with Crippen LogP contribution in [0, 0.1) is 12.3 Å². The van der Waals surface area contributed by atoms with Gasteiger partial charge < -0.3 is 15.2 Å². The number of aryl methyl sites for hydroxylation is 1. The second kappa shape index (κ2) is 5.71. The van der Waals surface area contributed by atoms with E-state index in [0.717, 1.165) is 0 Å². The number of anilines is 1. The van der Waals surface area contributed by atoms with Gasteiger partial charge in [-0.2, -0.15) is 0 Å². The first-order chi connectivity index (χ1) is 9.52. The van der Waals surface area contributed by atoms with E-state index in [2.05, 4.69) is 15.0 Å². The van der Waals surface area contributed by atoms with E-state index in [0.29, 0.717) is 17.1 Å². The summed E-state index contributed by atoms with van der Waals surface area (Å²) in [7, 11) is 1.31. The molecule has 1 heterocycles. The summed E-state index contributed by atoms with van der Waals surface area (Å²) in [5.74, 6) is -0.834. The van der Waals surface area contributed by atoms with Gasteiger partial charge in [0.25, 0.3) is 0 Å². The van der Waals surface area contributed by atoms with Crippen LogP contribution in [0.3, 0.4) is 0 Å². The third-order valence-electron chi connectivity index (χ3n) is 4.03. The highest BCUT2D eigenvalue weighted by molar-refractivity contribution is 5.90. The minimum Gasteiger partial charge on any atom is -0.481 e. The number of hydrogen-bond acceptors (Lipinski definition) is 5. The van der Waals surface area contributed by atoms with Crippen LogP contribution in [0.15, 0.2) is 12.1 Å². The van der Waals surface area contributed by atoms with E-state index in [1.165, 1.54) is 7.11 Å². The van der Waals surface area contributed by atoms with Crippen LogP contribution in [0.25, 0.3) is 0 Å². The summed E-state index contributed by atoms with van der Waals surface area (Å²) in [6, 6.07) is 3.25. The molecule has 6 nitrogen and oxygen atoms in total. The highest BCUT2D eigenvalue weighted by Crippen LogP contribution is 2.33. The van der Waals surface area contributed by atoms with Crippen molar-refractivity contribution in [2.75, 3.05) is 12.4 Å². The molecule has 0 amide bonds. The molecule has 1 rings (SSSR count). The van der Waals surface area contributed by atoms with Crippen LogP contribution in [-0.2, 0) is 9.53 Å². The highest BCUT2D eigenvalue weighted by Gasteiger charge is 2.43. The molecule has 0 aliphatic heterocycles. The number of nitrogens with zero attached hydrogens (tertiary/aromatic N) is 1. The predicted octanol–water partition coefficient (Wildman–Crippen LogP) is 2.48. The molecule has 0 spiro atoms. The third-order valence-corrected chi connectivity index (χ3v) is 4.03. The quantitative estimate of drug-likeness (QED) is 0.811. The van der Waals surface area contributed by atoms with Crippen molar-refractivity contribution in [3.8, 4) is 0 Å². The molecule has 21 heavy (non-hydrogen) atoms. The van der Waals surface area contributed by atoms with Crippen molar-refractivity contribution in [1.82, 2.24) is 4.98 Å². The van der Waals surface area contributed by atoms with Gasteiger partial charge in [-0.15, -0.1) is 0 Å². The van der Waals surface area contributed by atoms with E-state index in [9.17, 15) is 14.7 Å². The fourth-order valence-corrected chi connectivity index (χ4v) is 1.70. The molecule has 116 valence electrons. The fraction of sp³-hybridized carbons (Fsp3) is 0.533. The molecule has 0 atom stereocenters. The zero-order valence-corrected chi connectivity index (χ0v) is 13.3. The van der Waals surface area contributed by atoms with Crippen LogP contribution < -0.4 is 5.32 Å². The Bertz CT molecular complexity index is 565. The summed E-state index contributed by atoms with van der Waals surface area (Å²) in [5, 5.41) is 12.5. The lowest BCUT2D eigenvalue weighted by atomic mass is 9.74. The van der Waals surface area contributed by atoms with Crippen LogP contribution >= 0.6 is 0 Å². The number of carboxylic acid groups (broad SMARTS) is 1. The van der Waals surface area contributed by atoms with E-state index in [1.807, 2.05) is 0 Å². The standard InChI is InChI=1S/C15H22N2O4/c1-9-10(12(18)21-6)7-8-11(16-9)17-15(4,5)14(2,3)13(19)20/h7-8H,1-6H3,(H,16,17)(H,19,20). The van der Waals surface area contributed by atoms with Gasteiger partial charge in [0.05, 0.1) is 23.8 Å². The summed E-state index contributed by atoms with van der Waals surface area (Å²) in [6.07, 6.45) is 0. The Morgan fingerprint density at radius 3 is 2.24 bits per heavy atom. The summed E-state index contributed by atoms with van der Waals surface area (Å²) >= 11 is 0. The number of aliphatic carboxylic acids is 1. The van der Waals surface area contributed by atoms with E-state index < -0.39 is 22.9 Å². The third kappa shape index (κ3) is 3.32. The van der Waals surface area contributed by atoms with Gasteiger partial charge in [0.15, 0.2) is 0 Å². The molecule has 1 aromatic rings. The Kier molecular flexibility index (Phi) is 4.61. The van der Waals surface area contributed by atoms with Crippen molar-refractivity contribution < 1.29 is 19.4 Å². The molecule has 0 aliphatic carbocycles. The lowest BCUT2D eigenvalue weighted by molar-refractivity contribution is -0.149. The number of rotatable bonds is 5. The van der Waals surface area contributed by atoms with Crippen molar-refractivity contribution >= 4 is 17.8 Å². The largest absolute Gasteiger partial charge is 0.481 e. The number of nitrogens with one attached hydrogen (secondary N) is 1. The van der Waals surface area contributed by atoms with E-state index >= 15 is 0 Å². The van der Waals surface area contributed by atoms with Gasteiger partial charge in [-0.1, -0.05) is 0 Å². The smallest absolute Gasteiger partial charge is 0.339 e. The number of aromatic nitrogens is 1. The van der Waals surface area contributed by atoms with Crippen molar-refractivity contribution in [2.24, 2.45) is 5.41 Å². The Balaban J connectivity index is 3.07. The van der Waals surface area contributed by atoms with Gasteiger partial charge in [0, 0.05) is 5.54 Å². The maximum absolute atomic E-state index is 11.5. The number of ether oxygens (including phenoxy) is 1. The van der Waals surface area contributed by atoms with Gasteiger partial charge in [0.2, 0.25) is 0 Å². The van der Waals surface area contributed by atoms with Crippen LogP contribution in [-0.4, -0.2) is 34.7 Å². The Hall–Kier alpha value is -2.11. The monoisotopic (exact) mass is 294 g/mol. The maximum atomic E-state index is 11.5. The molecule has 2 N–H and O–H groups in total. The summed E-state index contributed by atoms with van der Waals surface area (Å²) in [4.78, 5) is 27.2. The molecule has 0 bridgehead atoms. The molecule has 0 saturated carbocycles. The first kappa shape index (κ1) is 16.9. The van der Waals surface area contributed by atoms with Gasteiger partial charge in [-0.3, -0.25) is 4.79 Å². The van der Waals surface area contributed by atoms with Crippen LogP contribution in [0.1, 0.15) is 43.7 Å². The lowest BCUT2D eigenvalue weighted by Crippen LogP contribution is -2.50. The zero-order valence-electron chi connectivity index (χ0n) is 13.3. The van der Waals surface area contributed by atoms with Crippen molar-refractivity contribution in [1.29, 1.82) is 0 Å². The SMILES string of the molecule is COC(=O)c1ccc(NC(C)(C)C(C)(C)C(=O)O)nc1C. The molecule has 0 aliphatic rings. The molecule has 0 saturated heterocycles. The van der Waals surface area contributed by atoms with Crippen molar-refractivity contribution in [3.05, 3.63) is 23.4 Å². The Morgan fingerprint density at radius 2 is 1.81 bits per heavy atom. The normalized spacial score (nSPS) is 11.9. The molecule has 0 fully saturated rings. The Morgan fingerprint density at radius 1 is 1.24 bits per heavy atom. The fourth-order valence-electron chi connectivity index (χ4n) is 1.70. The first-order valence-electron chi connectivity index (χ1n) is 6.60. The van der Waals surface area contributed by atoms with Crippen molar-refractivity contribution in [3.63, 3.8) is 0 Å². The summed E-state index contributed by atoms with van der Waals surface area (Å²) in [5.41, 5.74) is -0.816. The van der Waals surface area contributed by atoms with Gasteiger partial charge >= 0.3 is 11.9 Å². The molecule has 0 aromatic carbocycles. The minimum absolute atomic E-state index is 0.387. The summed E-state index contributed by atoms with van der Waals surface area (Å²) in [6.45, 7) is 8.60. The molecular weight excluding hydrogens is 272 g/mol. The number of carbonyl (C=O) groups excluding carboxylic acids is 1. The molecule has 6 heteroatoms. The number of pyridine rings is 1. The average Bonchev–Trinajstić information content (AvgIpc) is 2.37. The Labute approximate surface area is 124 Å². The topological polar surface area (TPSA) is 88.5 Å². The molecule has 1 aromatic heterocycles. The summed E-state index contributed by atoms with van der Waals surface area (Å²) < 4.78 is 4.67. The van der Waals surface area contributed by atoms with Gasteiger partial charge in [-0.25, -0.2) is 9.78 Å². The first-order valence-corrected chi connectivity index (χ1v) is 6.60. The van der Waals surface area contributed by atoms with Gasteiger partial charge in [-0.05, 0) is 46.8 Å². The van der Waals surface area contributed by atoms with E-state index in [4.69, 9.17) is 0 Å². The second-order valence-electron chi connectivity index (χ2n) is 6.00. The number of methoxy groups -OCH3 is 1. The molecule has 0 unspecified atom stereocenters. The maximum Gasteiger partial charge on any atom is 0.339 e. The number of hydrogen-bond donors (Lipinski definition) is 2. The number of esters is 1. The lowest BCUT2D eigenvalue weighted by Gasteiger charge is -2.39. The van der Waals surface area contributed by atoms with E-state index in [-0.39, 0.29) is 0 Å². The van der Waals surface area contributed by atoms with Crippen LogP contribution in [0.5, 0.6) is 0 Å². The average molecular weight is 294 g/mol.